The zero-order valence-electron chi connectivity index (χ0n) is 9.15. The molecule has 1 aromatic rings. The van der Waals surface area contributed by atoms with Gasteiger partial charge in [-0.1, -0.05) is 23.2 Å². The molecule has 0 unspecified atom stereocenters. The van der Waals surface area contributed by atoms with Crippen LogP contribution in [0.3, 0.4) is 0 Å². The summed E-state index contributed by atoms with van der Waals surface area (Å²) in [5, 5.41) is 4.14. The predicted octanol–water partition coefficient (Wildman–Crippen LogP) is 3.56. The second-order valence-electron chi connectivity index (χ2n) is 4.43. The van der Waals surface area contributed by atoms with Crippen molar-refractivity contribution in [3.05, 3.63) is 39.0 Å². The smallest absolute Gasteiger partial charge is 0.224 e. The number of carbonyl (C=O) groups excluding carboxylic acids is 1. The number of carbonyl (C=O) groups is 1. The van der Waals surface area contributed by atoms with Crippen LogP contribution in [0.1, 0.15) is 30.4 Å². The molecule has 1 amide bonds. The van der Waals surface area contributed by atoms with Crippen LogP contribution in [0, 0.1) is 0 Å². The Bertz CT molecular complexity index is 549. The van der Waals surface area contributed by atoms with Gasteiger partial charge in [-0.25, -0.2) is 0 Å². The molecule has 1 N–H and O–H groups in total. The topological polar surface area (TPSA) is 29.1 Å². The molecule has 1 heterocycles. The summed E-state index contributed by atoms with van der Waals surface area (Å²) in [7, 11) is 0. The van der Waals surface area contributed by atoms with E-state index in [0.717, 1.165) is 30.5 Å². The van der Waals surface area contributed by atoms with Crippen LogP contribution in [0.5, 0.6) is 0 Å². The molecule has 17 heavy (non-hydrogen) atoms. The first-order chi connectivity index (χ1) is 8.15. The highest BCUT2D eigenvalue weighted by Crippen LogP contribution is 2.38. The second kappa shape index (κ2) is 4.04. The maximum absolute atomic E-state index is 11.4. The van der Waals surface area contributed by atoms with Crippen LogP contribution < -0.4 is 5.32 Å². The van der Waals surface area contributed by atoms with Gasteiger partial charge in [-0.3, -0.25) is 4.79 Å². The summed E-state index contributed by atoms with van der Waals surface area (Å²) in [5.41, 5.74) is 4.67. The van der Waals surface area contributed by atoms with Crippen molar-refractivity contribution in [2.24, 2.45) is 0 Å². The fraction of sp³-hybridized carbons (Fsp3) is 0.308. The van der Waals surface area contributed by atoms with Crippen LogP contribution in [-0.4, -0.2) is 5.91 Å². The summed E-state index contributed by atoms with van der Waals surface area (Å²) in [6.07, 6.45) is 3.14. The molecule has 2 aliphatic rings. The molecule has 0 atom stereocenters. The molecule has 3 rings (SSSR count). The minimum absolute atomic E-state index is 0.118. The first-order valence-electron chi connectivity index (χ1n) is 5.65. The third-order valence-corrected chi connectivity index (χ3v) is 4.09. The normalized spacial score (nSPS) is 18.6. The van der Waals surface area contributed by atoms with Crippen molar-refractivity contribution in [2.45, 2.75) is 25.7 Å². The summed E-state index contributed by atoms with van der Waals surface area (Å²) in [6.45, 7) is 0. The Morgan fingerprint density at radius 2 is 1.76 bits per heavy atom. The Balaban J connectivity index is 2.14. The molecule has 0 fully saturated rings. The SMILES string of the molecule is O=C1CCC2=C(CCc3cc(Cl)c(Cl)cc32)N1. The average Bonchev–Trinajstić information content (AvgIpc) is 2.30. The van der Waals surface area contributed by atoms with Crippen LogP contribution in [0.15, 0.2) is 17.8 Å². The quantitative estimate of drug-likeness (QED) is 0.765. The second-order valence-corrected chi connectivity index (χ2v) is 5.24. The first-order valence-corrected chi connectivity index (χ1v) is 6.41. The van der Waals surface area contributed by atoms with E-state index < -0.39 is 0 Å². The van der Waals surface area contributed by atoms with Crippen LogP contribution in [0.25, 0.3) is 5.57 Å². The average molecular weight is 268 g/mol. The van der Waals surface area contributed by atoms with Crippen LogP contribution in [0.2, 0.25) is 10.0 Å². The number of aryl methyl sites for hydroxylation is 1. The van der Waals surface area contributed by atoms with Crippen LogP contribution in [-0.2, 0) is 11.2 Å². The van der Waals surface area contributed by atoms with Gasteiger partial charge in [-0.2, -0.15) is 0 Å². The molecular weight excluding hydrogens is 257 g/mol. The first kappa shape index (κ1) is 11.1. The Kier molecular flexibility index (Phi) is 2.64. The fourth-order valence-corrected chi connectivity index (χ4v) is 2.89. The molecule has 2 nitrogen and oxygen atoms in total. The molecule has 1 aromatic carbocycles. The number of amides is 1. The van der Waals surface area contributed by atoms with Crippen LogP contribution >= 0.6 is 23.2 Å². The number of rotatable bonds is 0. The number of fused-ring (bicyclic) bond motifs is 2. The summed E-state index contributed by atoms with van der Waals surface area (Å²) < 4.78 is 0. The Labute approximate surface area is 110 Å². The Morgan fingerprint density at radius 1 is 1.00 bits per heavy atom. The van der Waals surface area contributed by atoms with Gasteiger partial charge in [0.15, 0.2) is 0 Å². The summed E-state index contributed by atoms with van der Waals surface area (Å²) in [4.78, 5) is 11.4. The fourth-order valence-electron chi connectivity index (χ4n) is 2.54. The van der Waals surface area contributed by atoms with E-state index in [1.165, 1.54) is 11.1 Å². The van der Waals surface area contributed by atoms with E-state index in [9.17, 15) is 4.79 Å². The minimum atomic E-state index is 0.118. The van der Waals surface area contributed by atoms with Crippen molar-refractivity contribution in [1.82, 2.24) is 5.32 Å². The monoisotopic (exact) mass is 267 g/mol. The zero-order valence-corrected chi connectivity index (χ0v) is 10.7. The van der Waals surface area contributed by atoms with E-state index >= 15 is 0 Å². The van der Waals surface area contributed by atoms with Crippen molar-refractivity contribution in [1.29, 1.82) is 0 Å². The highest BCUT2D eigenvalue weighted by atomic mass is 35.5. The minimum Gasteiger partial charge on any atom is -0.329 e. The largest absolute Gasteiger partial charge is 0.329 e. The maximum atomic E-state index is 11.4. The Morgan fingerprint density at radius 3 is 2.59 bits per heavy atom. The number of allylic oxidation sites excluding steroid dienone is 2. The standard InChI is InChI=1S/C13H11Cl2NO/c14-10-5-7-1-3-12-8(2-4-13(17)16-12)9(7)6-11(10)15/h5-6H,1-4H2,(H,16,17). The lowest BCUT2D eigenvalue weighted by Crippen LogP contribution is -2.29. The summed E-state index contributed by atoms with van der Waals surface area (Å²) in [6, 6.07) is 3.87. The van der Waals surface area contributed by atoms with E-state index in [2.05, 4.69) is 5.32 Å². The lowest BCUT2D eigenvalue weighted by atomic mass is 9.84. The predicted molar refractivity (Wildman–Crippen MR) is 69.1 cm³/mol. The number of hydrogen-bond acceptors (Lipinski definition) is 1. The zero-order chi connectivity index (χ0) is 12.0. The molecule has 88 valence electrons. The molecule has 0 radical (unpaired) electrons. The lowest BCUT2D eigenvalue weighted by Gasteiger charge is -2.27. The summed E-state index contributed by atoms with van der Waals surface area (Å²) >= 11 is 12.1. The van der Waals surface area contributed by atoms with E-state index in [4.69, 9.17) is 23.2 Å². The van der Waals surface area contributed by atoms with Gasteiger partial charge in [0.05, 0.1) is 10.0 Å². The van der Waals surface area contributed by atoms with E-state index in [1.54, 1.807) is 0 Å². The molecule has 0 saturated carbocycles. The van der Waals surface area contributed by atoms with Crippen LogP contribution in [0.4, 0.5) is 0 Å². The molecule has 1 aliphatic carbocycles. The van der Waals surface area contributed by atoms with Crippen molar-refractivity contribution in [3.8, 4) is 0 Å². The van der Waals surface area contributed by atoms with Gasteiger partial charge in [0.25, 0.3) is 0 Å². The summed E-state index contributed by atoms with van der Waals surface area (Å²) in [5.74, 6) is 0.118. The molecule has 0 bridgehead atoms. The number of halogens is 2. The highest BCUT2D eigenvalue weighted by Gasteiger charge is 2.25. The number of hydrogen-bond donors (Lipinski definition) is 1. The van der Waals surface area contributed by atoms with E-state index in [1.807, 2.05) is 12.1 Å². The molecule has 0 spiro atoms. The molecule has 4 heteroatoms. The van der Waals surface area contributed by atoms with Gasteiger partial charge in [0.1, 0.15) is 0 Å². The highest BCUT2D eigenvalue weighted by molar-refractivity contribution is 6.42. The van der Waals surface area contributed by atoms with Crippen molar-refractivity contribution >= 4 is 34.7 Å². The Hall–Kier alpha value is -0.990. The van der Waals surface area contributed by atoms with E-state index in [0.29, 0.717) is 16.5 Å². The third kappa shape index (κ3) is 1.85. The molecule has 0 saturated heterocycles. The van der Waals surface area contributed by atoms with Gasteiger partial charge in [-0.15, -0.1) is 0 Å². The van der Waals surface area contributed by atoms with Gasteiger partial charge >= 0.3 is 0 Å². The number of nitrogens with one attached hydrogen (secondary N) is 1. The van der Waals surface area contributed by atoms with Crippen molar-refractivity contribution in [3.63, 3.8) is 0 Å². The van der Waals surface area contributed by atoms with Crippen molar-refractivity contribution in [2.75, 3.05) is 0 Å². The number of benzene rings is 1. The third-order valence-electron chi connectivity index (χ3n) is 3.37. The van der Waals surface area contributed by atoms with Gasteiger partial charge < -0.3 is 5.32 Å². The maximum Gasteiger partial charge on any atom is 0.224 e. The van der Waals surface area contributed by atoms with E-state index in [-0.39, 0.29) is 5.91 Å². The molecular formula is C13H11Cl2NO. The van der Waals surface area contributed by atoms with Crippen molar-refractivity contribution < 1.29 is 4.79 Å². The molecule has 0 aromatic heterocycles. The molecule has 1 aliphatic heterocycles. The lowest BCUT2D eigenvalue weighted by molar-refractivity contribution is -0.120. The van der Waals surface area contributed by atoms with Gasteiger partial charge in [0.2, 0.25) is 5.91 Å². The van der Waals surface area contributed by atoms with Gasteiger partial charge in [-0.05, 0) is 48.1 Å². The van der Waals surface area contributed by atoms with Gasteiger partial charge in [0, 0.05) is 12.1 Å².